The average molecular weight is 283 g/mol. The van der Waals surface area contributed by atoms with E-state index < -0.39 is 4.92 Å². The van der Waals surface area contributed by atoms with Crippen molar-refractivity contribution in [1.82, 2.24) is 9.88 Å². The number of nitro groups is 1. The molecule has 0 atom stereocenters. The van der Waals surface area contributed by atoms with Gasteiger partial charge in [0, 0.05) is 18.7 Å². The number of Topliss-reactive ketones (excluding diaryl/α,β-unsaturated/α-hetero) is 1. The molecule has 112 valence electrons. The predicted molar refractivity (Wildman–Crippen MR) is 74.8 cm³/mol. The van der Waals surface area contributed by atoms with Crippen LogP contribution in [0.25, 0.3) is 0 Å². The number of rotatable bonds is 9. The molecule has 1 aromatic rings. The highest BCUT2D eigenvalue weighted by Crippen LogP contribution is 2.14. The molecule has 0 aliphatic heterocycles. The van der Waals surface area contributed by atoms with Gasteiger partial charge in [-0.3, -0.25) is 19.8 Å². The number of aliphatic hydroxyl groups is 1. The number of hydrogen-bond donors (Lipinski definition) is 2. The summed E-state index contributed by atoms with van der Waals surface area (Å²) in [5.41, 5.74) is 0.107. The molecule has 7 nitrogen and oxygen atoms in total. The van der Waals surface area contributed by atoms with Crippen LogP contribution in [-0.4, -0.2) is 51.4 Å². The molecule has 1 aromatic heterocycles. The topological polar surface area (TPSA) is 99.5 Å². The van der Waals surface area contributed by atoms with E-state index >= 15 is 0 Å². The fourth-order valence-corrected chi connectivity index (χ4v) is 2.24. The standard InChI is InChI=1S/C13H21N3O4/c1-3-10(4-2)15(5-6-17)9-13(18)12-7-11(8-14-12)16(19)20/h7-8,10,14,17H,3-6,9H2,1-2H3. The van der Waals surface area contributed by atoms with Crippen LogP contribution in [0.15, 0.2) is 12.3 Å². The van der Waals surface area contributed by atoms with Gasteiger partial charge in [-0.2, -0.15) is 0 Å². The first kappa shape index (κ1) is 16.3. The van der Waals surface area contributed by atoms with E-state index in [1.54, 1.807) is 0 Å². The van der Waals surface area contributed by atoms with Crippen LogP contribution >= 0.6 is 0 Å². The first-order chi connectivity index (χ1) is 9.53. The van der Waals surface area contributed by atoms with E-state index in [4.69, 9.17) is 5.11 Å². The van der Waals surface area contributed by atoms with Crippen LogP contribution in [-0.2, 0) is 0 Å². The van der Waals surface area contributed by atoms with Crippen LogP contribution in [0.1, 0.15) is 37.2 Å². The minimum atomic E-state index is -0.542. The molecule has 20 heavy (non-hydrogen) atoms. The monoisotopic (exact) mass is 283 g/mol. The van der Waals surface area contributed by atoms with Crippen molar-refractivity contribution in [3.05, 3.63) is 28.1 Å². The van der Waals surface area contributed by atoms with Crippen molar-refractivity contribution in [2.24, 2.45) is 0 Å². The number of carbonyl (C=O) groups excluding carboxylic acids is 1. The summed E-state index contributed by atoms with van der Waals surface area (Å²) in [5, 5.41) is 19.7. The molecule has 0 saturated carbocycles. The van der Waals surface area contributed by atoms with Gasteiger partial charge in [0.1, 0.15) is 0 Å². The third kappa shape index (κ3) is 4.14. The zero-order valence-electron chi connectivity index (χ0n) is 11.8. The lowest BCUT2D eigenvalue weighted by Gasteiger charge is -2.28. The summed E-state index contributed by atoms with van der Waals surface area (Å²) in [4.78, 5) is 26.7. The Bertz CT molecular complexity index is 454. The molecule has 7 heteroatoms. The number of ketones is 1. The highest BCUT2D eigenvalue weighted by molar-refractivity contribution is 5.96. The van der Waals surface area contributed by atoms with Crippen molar-refractivity contribution in [1.29, 1.82) is 0 Å². The van der Waals surface area contributed by atoms with Crippen molar-refractivity contribution in [2.75, 3.05) is 19.7 Å². The number of nitrogens with zero attached hydrogens (tertiary/aromatic N) is 2. The van der Waals surface area contributed by atoms with Crippen LogP contribution in [0.2, 0.25) is 0 Å². The number of aromatic nitrogens is 1. The van der Waals surface area contributed by atoms with E-state index in [-0.39, 0.29) is 36.4 Å². The molecule has 0 unspecified atom stereocenters. The largest absolute Gasteiger partial charge is 0.395 e. The van der Waals surface area contributed by atoms with Gasteiger partial charge < -0.3 is 10.1 Å². The molecule has 0 aliphatic carbocycles. The minimum absolute atomic E-state index is 0.0192. The first-order valence-corrected chi connectivity index (χ1v) is 6.74. The smallest absolute Gasteiger partial charge is 0.287 e. The molecule has 0 bridgehead atoms. The predicted octanol–water partition coefficient (Wildman–Crippen LogP) is 1.59. The highest BCUT2D eigenvalue weighted by Gasteiger charge is 2.21. The number of hydrogen-bond acceptors (Lipinski definition) is 5. The van der Waals surface area contributed by atoms with Gasteiger partial charge >= 0.3 is 0 Å². The molecule has 0 spiro atoms. The number of nitrogens with one attached hydrogen (secondary N) is 1. The Morgan fingerprint density at radius 3 is 2.60 bits per heavy atom. The maximum atomic E-state index is 12.1. The SMILES string of the molecule is CCC(CC)N(CCO)CC(=O)c1cc([N+](=O)[O-])c[nH]1. The minimum Gasteiger partial charge on any atom is -0.395 e. The Morgan fingerprint density at radius 2 is 2.15 bits per heavy atom. The lowest BCUT2D eigenvalue weighted by atomic mass is 10.1. The number of carbonyl (C=O) groups is 1. The fraction of sp³-hybridized carbons (Fsp3) is 0.615. The molecule has 0 aliphatic rings. The summed E-state index contributed by atoms with van der Waals surface area (Å²) in [6.45, 7) is 4.60. The van der Waals surface area contributed by atoms with Gasteiger partial charge in [-0.15, -0.1) is 0 Å². The molecule has 2 N–H and O–H groups in total. The molecule has 1 heterocycles. The quantitative estimate of drug-likeness (QED) is 0.407. The zero-order valence-corrected chi connectivity index (χ0v) is 11.8. The molecule has 0 amide bonds. The van der Waals surface area contributed by atoms with Gasteiger partial charge in [-0.1, -0.05) is 13.8 Å². The van der Waals surface area contributed by atoms with Crippen LogP contribution in [0.3, 0.4) is 0 Å². The lowest BCUT2D eigenvalue weighted by molar-refractivity contribution is -0.384. The zero-order chi connectivity index (χ0) is 15.1. The van der Waals surface area contributed by atoms with Gasteiger partial charge in [0.2, 0.25) is 0 Å². The molecule has 0 saturated heterocycles. The second kappa shape index (κ2) is 7.76. The van der Waals surface area contributed by atoms with Gasteiger partial charge in [0.15, 0.2) is 5.78 Å². The van der Waals surface area contributed by atoms with Crippen molar-refractivity contribution in [3.8, 4) is 0 Å². The van der Waals surface area contributed by atoms with Crippen molar-refractivity contribution >= 4 is 11.5 Å². The van der Waals surface area contributed by atoms with Crippen LogP contribution in [0.4, 0.5) is 5.69 Å². The van der Waals surface area contributed by atoms with Gasteiger partial charge in [-0.05, 0) is 12.8 Å². The number of aliphatic hydroxyl groups excluding tert-OH is 1. The molecule has 0 fully saturated rings. The Kier molecular flexibility index (Phi) is 6.33. The second-order valence-corrected chi connectivity index (χ2v) is 4.62. The van der Waals surface area contributed by atoms with E-state index in [1.807, 2.05) is 18.7 Å². The van der Waals surface area contributed by atoms with Crippen LogP contribution in [0, 0.1) is 10.1 Å². The number of aromatic amines is 1. The van der Waals surface area contributed by atoms with Gasteiger partial charge in [-0.25, -0.2) is 0 Å². The highest BCUT2D eigenvalue weighted by atomic mass is 16.6. The summed E-state index contributed by atoms with van der Waals surface area (Å²) in [7, 11) is 0. The summed E-state index contributed by atoms with van der Waals surface area (Å²) < 4.78 is 0. The summed E-state index contributed by atoms with van der Waals surface area (Å²) in [6.07, 6.45) is 2.98. The maximum Gasteiger partial charge on any atom is 0.287 e. The Labute approximate surface area is 117 Å². The van der Waals surface area contributed by atoms with Crippen molar-refractivity contribution < 1.29 is 14.8 Å². The summed E-state index contributed by atoms with van der Waals surface area (Å²) in [6, 6.07) is 1.46. The van der Waals surface area contributed by atoms with Gasteiger partial charge in [0.25, 0.3) is 5.69 Å². The van der Waals surface area contributed by atoms with E-state index in [9.17, 15) is 14.9 Å². The maximum absolute atomic E-state index is 12.1. The second-order valence-electron chi connectivity index (χ2n) is 4.62. The van der Waals surface area contributed by atoms with E-state index in [0.29, 0.717) is 6.54 Å². The van der Waals surface area contributed by atoms with Crippen LogP contribution < -0.4 is 0 Å². The Hall–Kier alpha value is -1.73. The van der Waals surface area contributed by atoms with Crippen LogP contribution in [0.5, 0.6) is 0 Å². The Balaban J connectivity index is 2.76. The third-order valence-electron chi connectivity index (χ3n) is 3.37. The number of H-pyrrole nitrogens is 1. The molecule has 0 radical (unpaired) electrons. The summed E-state index contributed by atoms with van der Waals surface area (Å²) in [5.74, 6) is -0.210. The fourth-order valence-electron chi connectivity index (χ4n) is 2.24. The van der Waals surface area contributed by atoms with E-state index in [2.05, 4.69) is 4.98 Å². The van der Waals surface area contributed by atoms with Crippen molar-refractivity contribution in [3.63, 3.8) is 0 Å². The molecule has 0 aromatic carbocycles. The third-order valence-corrected chi connectivity index (χ3v) is 3.37. The summed E-state index contributed by atoms with van der Waals surface area (Å²) >= 11 is 0. The first-order valence-electron chi connectivity index (χ1n) is 6.74. The molecular weight excluding hydrogens is 262 g/mol. The normalized spacial score (nSPS) is 11.2. The van der Waals surface area contributed by atoms with Crippen molar-refractivity contribution in [2.45, 2.75) is 32.7 Å². The van der Waals surface area contributed by atoms with E-state index in [1.165, 1.54) is 12.3 Å². The van der Waals surface area contributed by atoms with E-state index in [0.717, 1.165) is 12.8 Å². The average Bonchev–Trinajstić information content (AvgIpc) is 2.90. The Morgan fingerprint density at radius 1 is 1.50 bits per heavy atom. The molecule has 1 rings (SSSR count). The lowest BCUT2D eigenvalue weighted by Crippen LogP contribution is -2.40. The molecular formula is C13H21N3O4. The van der Waals surface area contributed by atoms with Gasteiger partial charge in [0.05, 0.1) is 30.0 Å².